The summed E-state index contributed by atoms with van der Waals surface area (Å²) in [6, 6.07) is 0. The molecule has 1 aromatic heterocycles. The van der Waals surface area contributed by atoms with E-state index in [9.17, 15) is 0 Å². The topological polar surface area (TPSA) is 41.0 Å². The Kier molecular flexibility index (Phi) is 5.58. The van der Waals surface area contributed by atoms with Crippen LogP contribution in [0, 0.1) is 0 Å². The Morgan fingerprint density at radius 2 is 1.89 bits per heavy atom. The Morgan fingerprint density at radius 1 is 1.11 bits per heavy atom. The summed E-state index contributed by atoms with van der Waals surface area (Å²) < 4.78 is 0. The van der Waals surface area contributed by atoms with Crippen molar-refractivity contribution in [3.63, 3.8) is 0 Å². The first-order chi connectivity index (χ1) is 9.35. The van der Waals surface area contributed by atoms with Crippen molar-refractivity contribution in [2.75, 3.05) is 31.5 Å². The normalized spacial score (nSPS) is 15.1. The quantitative estimate of drug-likeness (QED) is 0.800. The third kappa shape index (κ3) is 3.90. The minimum atomic E-state index is 0.963. The van der Waals surface area contributed by atoms with Gasteiger partial charge in [0.05, 0.1) is 0 Å². The van der Waals surface area contributed by atoms with Gasteiger partial charge < -0.3 is 10.2 Å². The number of likely N-dealkylation sites (N-methyl/N-ethyl adjacent to an activating group) is 1. The van der Waals surface area contributed by atoms with E-state index in [0.29, 0.717) is 0 Å². The van der Waals surface area contributed by atoms with E-state index < -0.39 is 0 Å². The highest BCUT2D eigenvalue weighted by Crippen LogP contribution is 2.23. The van der Waals surface area contributed by atoms with Gasteiger partial charge in [-0.3, -0.25) is 0 Å². The molecule has 0 unspecified atom stereocenters. The summed E-state index contributed by atoms with van der Waals surface area (Å²) >= 11 is 0. The van der Waals surface area contributed by atoms with Crippen molar-refractivity contribution in [3.8, 4) is 0 Å². The van der Waals surface area contributed by atoms with Crippen LogP contribution in [0.2, 0.25) is 0 Å². The second-order valence-corrected chi connectivity index (χ2v) is 5.16. The molecule has 0 fully saturated rings. The van der Waals surface area contributed by atoms with Crippen molar-refractivity contribution in [3.05, 3.63) is 17.6 Å². The first kappa shape index (κ1) is 14.3. The van der Waals surface area contributed by atoms with Gasteiger partial charge in [-0.25, -0.2) is 9.97 Å². The van der Waals surface area contributed by atoms with E-state index >= 15 is 0 Å². The lowest BCUT2D eigenvalue weighted by atomic mass is 10.1. The Hall–Kier alpha value is -1.16. The molecule has 4 nitrogen and oxygen atoms in total. The van der Waals surface area contributed by atoms with Gasteiger partial charge in [-0.2, -0.15) is 0 Å². The molecule has 4 heteroatoms. The Balaban J connectivity index is 1.96. The molecule has 106 valence electrons. The first-order valence-electron chi connectivity index (χ1n) is 7.64. The van der Waals surface area contributed by atoms with Gasteiger partial charge in [0.2, 0.25) is 0 Å². The van der Waals surface area contributed by atoms with Gasteiger partial charge >= 0.3 is 0 Å². The van der Waals surface area contributed by atoms with Gasteiger partial charge in [-0.15, -0.1) is 0 Å². The predicted octanol–water partition coefficient (Wildman–Crippen LogP) is 2.50. The maximum atomic E-state index is 4.45. The van der Waals surface area contributed by atoms with Crippen molar-refractivity contribution >= 4 is 5.82 Å². The van der Waals surface area contributed by atoms with Crippen LogP contribution in [0.1, 0.15) is 44.4 Å². The summed E-state index contributed by atoms with van der Waals surface area (Å²) in [6.07, 6.45) is 7.81. The van der Waals surface area contributed by atoms with Crippen molar-refractivity contribution in [2.45, 2.75) is 46.0 Å². The van der Waals surface area contributed by atoms with Crippen molar-refractivity contribution in [2.24, 2.45) is 0 Å². The highest BCUT2D eigenvalue weighted by molar-refractivity contribution is 5.46. The van der Waals surface area contributed by atoms with E-state index in [1.165, 1.54) is 30.5 Å². The molecular weight excluding hydrogens is 236 g/mol. The Labute approximate surface area is 116 Å². The number of hydrogen-bond donors (Lipinski definition) is 1. The molecular formula is C15H26N4. The third-order valence-electron chi connectivity index (χ3n) is 3.99. The smallest absolute Gasteiger partial charge is 0.132 e. The molecule has 1 heterocycles. The fourth-order valence-corrected chi connectivity index (χ4v) is 2.72. The predicted molar refractivity (Wildman–Crippen MR) is 79.6 cm³/mol. The Bertz CT molecular complexity index is 388. The highest BCUT2D eigenvalue weighted by atomic mass is 15.1. The number of hydrogen-bond acceptors (Lipinski definition) is 4. The molecule has 0 atom stereocenters. The SMILES string of the molecule is CCN(CC)CCNc1ncnc2c1CCCCC2. The van der Waals surface area contributed by atoms with E-state index in [1.807, 2.05) is 0 Å². The zero-order valence-electron chi connectivity index (χ0n) is 12.3. The average molecular weight is 262 g/mol. The van der Waals surface area contributed by atoms with Crippen LogP contribution in [0.25, 0.3) is 0 Å². The summed E-state index contributed by atoms with van der Waals surface area (Å²) in [5.41, 5.74) is 2.62. The average Bonchev–Trinajstić information content (AvgIpc) is 2.69. The van der Waals surface area contributed by atoms with E-state index in [2.05, 4.69) is 34.0 Å². The van der Waals surface area contributed by atoms with Gasteiger partial charge in [-0.05, 0) is 38.8 Å². The third-order valence-corrected chi connectivity index (χ3v) is 3.99. The van der Waals surface area contributed by atoms with E-state index in [1.54, 1.807) is 6.33 Å². The molecule has 0 aliphatic heterocycles. The standard InChI is InChI=1S/C15H26N4/c1-3-19(4-2)11-10-16-15-13-8-6-5-7-9-14(13)17-12-18-15/h12H,3-11H2,1-2H3,(H,16,17,18). The van der Waals surface area contributed by atoms with Crippen LogP contribution in [-0.2, 0) is 12.8 Å². The van der Waals surface area contributed by atoms with Crippen molar-refractivity contribution < 1.29 is 0 Å². The van der Waals surface area contributed by atoms with Crippen molar-refractivity contribution in [1.82, 2.24) is 14.9 Å². The molecule has 1 N–H and O–H groups in total. The van der Waals surface area contributed by atoms with Gasteiger partial charge in [0.15, 0.2) is 0 Å². The van der Waals surface area contributed by atoms with Gasteiger partial charge in [-0.1, -0.05) is 20.3 Å². The van der Waals surface area contributed by atoms with Crippen LogP contribution < -0.4 is 5.32 Å². The van der Waals surface area contributed by atoms with Crippen LogP contribution in [0.5, 0.6) is 0 Å². The van der Waals surface area contributed by atoms with Crippen LogP contribution in [0.15, 0.2) is 6.33 Å². The second kappa shape index (κ2) is 7.43. The molecule has 1 aromatic rings. The minimum Gasteiger partial charge on any atom is -0.368 e. The lowest BCUT2D eigenvalue weighted by Gasteiger charge is -2.19. The molecule has 0 saturated heterocycles. The van der Waals surface area contributed by atoms with Gasteiger partial charge in [0.1, 0.15) is 12.1 Å². The first-order valence-corrected chi connectivity index (χ1v) is 7.64. The number of nitrogens with zero attached hydrogens (tertiary/aromatic N) is 3. The lowest BCUT2D eigenvalue weighted by molar-refractivity contribution is 0.316. The number of fused-ring (bicyclic) bond motifs is 1. The van der Waals surface area contributed by atoms with Gasteiger partial charge in [0, 0.05) is 24.3 Å². The highest BCUT2D eigenvalue weighted by Gasteiger charge is 2.13. The molecule has 19 heavy (non-hydrogen) atoms. The molecule has 0 aromatic carbocycles. The molecule has 0 radical (unpaired) electrons. The number of aryl methyl sites for hydroxylation is 1. The molecule has 0 spiro atoms. The largest absolute Gasteiger partial charge is 0.368 e. The number of aromatic nitrogens is 2. The zero-order valence-corrected chi connectivity index (χ0v) is 12.3. The summed E-state index contributed by atoms with van der Waals surface area (Å²) in [4.78, 5) is 11.3. The van der Waals surface area contributed by atoms with Crippen LogP contribution in [-0.4, -0.2) is 41.0 Å². The van der Waals surface area contributed by atoms with Crippen molar-refractivity contribution in [1.29, 1.82) is 0 Å². The lowest BCUT2D eigenvalue weighted by Crippen LogP contribution is -2.29. The fraction of sp³-hybridized carbons (Fsp3) is 0.733. The summed E-state index contributed by atoms with van der Waals surface area (Å²) in [5, 5.41) is 3.51. The fourth-order valence-electron chi connectivity index (χ4n) is 2.72. The van der Waals surface area contributed by atoms with Crippen LogP contribution >= 0.6 is 0 Å². The molecule has 0 amide bonds. The number of nitrogens with one attached hydrogen (secondary N) is 1. The van der Waals surface area contributed by atoms with Crippen LogP contribution in [0.4, 0.5) is 5.82 Å². The number of rotatable bonds is 6. The summed E-state index contributed by atoms with van der Waals surface area (Å²) in [7, 11) is 0. The molecule has 2 rings (SSSR count). The van der Waals surface area contributed by atoms with Crippen LogP contribution in [0.3, 0.4) is 0 Å². The van der Waals surface area contributed by atoms with E-state index in [-0.39, 0.29) is 0 Å². The van der Waals surface area contributed by atoms with E-state index in [0.717, 1.165) is 44.8 Å². The van der Waals surface area contributed by atoms with Gasteiger partial charge in [0.25, 0.3) is 0 Å². The minimum absolute atomic E-state index is 0.963. The summed E-state index contributed by atoms with van der Waals surface area (Å²) in [5.74, 6) is 1.07. The molecule has 1 aliphatic rings. The molecule has 0 saturated carbocycles. The number of anilines is 1. The van der Waals surface area contributed by atoms with E-state index in [4.69, 9.17) is 0 Å². The molecule has 1 aliphatic carbocycles. The Morgan fingerprint density at radius 3 is 2.68 bits per heavy atom. The second-order valence-electron chi connectivity index (χ2n) is 5.16. The maximum absolute atomic E-state index is 4.45. The maximum Gasteiger partial charge on any atom is 0.132 e. The summed E-state index contributed by atoms with van der Waals surface area (Å²) in [6.45, 7) is 8.68. The monoisotopic (exact) mass is 262 g/mol. The zero-order chi connectivity index (χ0) is 13.5. The molecule has 0 bridgehead atoms.